The molecule has 3 heterocycles. The number of H-pyrrole nitrogens is 1. The number of imidazole rings is 2. The molecule has 3 rings (SSSR count). The molecule has 9 nitrogen and oxygen atoms in total. The Bertz CT molecular complexity index is 615. The first-order valence-corrected chi connectivity index (χ1v) is 7.50. The summed E-state index contributed by atoms with van der Waals surface area (Å²) in [6, 6.07) is 0. The van der Waals surface area contributed by atoms with Gasteiger partial charge in [0.05, 0.1) is 44.1 Å². The van der Waals surface area contributed by atoms with Gasteiger partial charge in [0.25, 0.3) is 0 Å². The Morgan fingerprint density at radius 2 is 2.35 bits per heavy atom. The summed E-state index contributed by atoms with van der Waals surface area (Å²) >= 11 is 0. The minimum Gasteiger partial charge on any atom is -0.394 e. The van der Waals surface area contributed by atoms with Crippen LogP contribution in [0.4, 0.5) is 5.95 Å². The Kier molecular flexibility index (Phi) is 4.91. The molecule has 1 unspecified atom stereocenters. The van der Waals surface area contributed by atoms with Crippen molar-refractivity contribution in [3.05, 3.63) is 30.1 Å². The number of aliphatic hydroxyl groups excluding tert-OH is 2. The Hall–Kier alpha value is -1.94. The second-order valence-electron chi connectivity index (χ2n) is 5.47. The van der Waals surface area contributed by atoms with Gasteiger partial charge in [0.15, 0.2) is 0 Å². The molecule has 0 aromatic carbocycles. The quantitative estimate of drug-likeness (QED) is 0.509. The summed E-state index contributed by atoms with van der Waals surface area (Å²) in [6.07, 6.45) is 4.34. The van der Waals surface area contributed by atoms with Crippen LogP contribution >= 0.6 is 0 Å². The van der Waals surface area contributed by atoms with Crippen molar-refractivity contribution in [2.24, 2.45) is 0 Å². The Balaban J connectivity index is 1.58. The normalized spacial score (nSPS) is 24.3. The molecule has 126 valence electrons. The third kappa shape index (κ3) is 3.53. The van der Waals surface area contributed by atoms with Gasteiger partial charge in [-0.25, -0.2) is 9.97 Å². The zero-order valence-corrected chi connectivity index (χ0v) is 12.6. The summed E-state index contributed by atoms with van der Waals surface area (Å²) in [5, 5.41) is 19.0. The number of aromatic amines is 1. The summed E-state index contributed by atoms with van der Waals surface area (Å²) in [5.41, 5.74) is 7.67. The van der Waals surface area contributed by atoms with E-state index in [-0.39, 0.29) is 6.61 Å². The molecule has 0 aliphatic carbocycles. The first-order valence-electron chi connectivity index (χ1n) is 7.50. The largest absolute Gasteiger partial charge is 0.394 e. The van der Waals surface area contributed by atoms with E-state index in [1.165, 1.54) is 0 Å². The number of hydrogen-bond acceptors (Lipinski definition) is 7. The number of hydrogen-bond donors (Lipinski definition) is 4. The summed E-state index contributed by atoms with van der Waals surface area (Å²) in [4.78, 5) is 11.0. The number of ether oxygens (including phenoxy) is 2. The SMILES string of the molecule is Nc1ncc(COCCc2cnc[nH]2)n1C1C[C@H](O)[C@@H](CO)O1. The first-order chi connectivity index (χ1) is 11.2. The standard InChI is InChI=1S/C14H21N5O4/c15-14-17-5-10(7-22-2-1-9-4-16-8-18-9)19(14)13-3-11(21)12(6-20)23-13/h4-5,8,11-13,20-21H,1-3,6-7H2,(H2,15,17)(H,16,18)/t11-,12+,13?/m0/s1. The molecule has 1 fully saturated rings. The van der Waals surface area contributed by atoms with E-state index in [9.17, 15) is 10.2 Å². The van der Waals surface area contributed by atoms with E-state index in [0.29, 0.717) is 25.6 Å². The molecule has 0 radical (unpaired) electrons. The van der Waals surface area contributed by atoms with Gasteiger partial charge in [-0.05, 0) is 0 Å². The highest BCUT2D eigenvalue weighted by molar-refractivity contribution is 5.23. The fraction of sp³-hybridized carbons (Fsp3) is 0.571. The number of anilines is 1. The fourth-order valence-electron chi connectivity index (χ4n) is 2.67. The molecule has 23 heavy (non-hydrogen) atoms. The van der Waals surface area contributed by atoms with Gasteiger partial charge in [-0.2, -0.15) is 0 Å². The maximum Gasteiger partial charge on any atom is 0.202 e. The second-order valence-corrected chi connectivity index (χ2v) is 5.47. The van der Waals surface area contributed by atoms with E-state index >= 15 is 0 Å². The van der Waals surface area contributed by atoms with Gasteiger partial charge in [-0.15, -0.1) is 0 Å². The maximum atomic E-state index is 9.86. The summed E-state index contributed by atoms with van der Waals surface area (Å²) < 4.78 is 13.0. The summed E-state index contributed by atoms with van der Waals surface area (Å²) in [6.45, 7) is 0.626. The van der Waals surface area contributed by atoms with Crippen LogP contribution in [0.15, 0.2) is 18.7 Å². The molecule has 0 amide bonds. The van der Waals surface area contributed by atoms with Crippen molar-refractivity contribution in [1.29, 1.82) is 0 Å². The highest BCUT2D eigenvalue weighted by Crippen LogP contribution is 2.31. The lowest BCUT2D eigenvalue weighted by Gasteiger charge is -2.17. The topological polar surface area (TPSA) is 131 Å². The van der Waals surface area contributed by atoms with E-state index < -0.39 is 18.4 Å². The fourth-order valence-corrected chi connectivity index (χ4v) is 2.67. The third-order valence-corrected chi connectivity index (χ3v) is 3.89. The molecule has 1 aliphatic rings. The first kappa shape index (κ1) is 15.9. The lowest BCUT2D eigenvalue weighted by molar-refractivity contribution is -0.0457. The number of aromatic nitrogens is 4. The molecular weight excluding hydrogens is 302 g/mol. The Labute approximate surface area is 133 Å². The summed E-state index contributed by atoms with van der Waals surface area (Å²) in [5.74, 6) is 0.299. The van der Waals surface area contributed by atoms with Crippen molar-refractivity contribution < 1.29 is 19.7 Å². The predicted octanol–water partition coefficient (Wildman–Crippen LogP) is -0.412. The maximum absolute atomic E-state index is 9.86. The monoisotopic (exact) mass is 323 g/mol. The van der Waals surface area contributed by atoms with Crippen LogP contribution < -0.4 is 5.73 Å². The third-order valence-electron chi connectivity index (χ3n) is 3.89. The van der Waals surface area contributed by atoms with Gasteiger partial charge in [0.2, 0.25) is 5.95 Å². The molecule has 0 bridgehead atoms. The molecule has 5 N–H and O–H groups in total. The zero-order chi connectivity index (χ0) is 16.2. The lowest BCUT2D eigenvalue weighted by Crippen LogP contribution is -2.24. The number of aliphatic hydroxyl groups is 2. The van der Waals surface area contributed by atoms with Gasteiger partial charge in [-0.1, -0.05) is 0 Å². The van der Waals surface area contributed by atoms with E-state index in [0.717, 1.165) is 17.8 Å². The highest BCUT2D eigenvalue weighted by Gasteiger charge is 2.36. The van der Waals surface area contributed by atoms with Crippen molar-refractivity contribution in [3.8, 4) is 0 Å². The van der Waals surface area contributed by atoms with Crippen molar-refractivity contribution >= 4 is 5.95 Å². The van der Waals surface area contributed by atoms with Crippen molar-refractivity contribution in [2.45, 2.75) is 37.9 Å². The van der Waals surface area contributed by atoms with Crippen LogP contribution in [0.25, 0.3) is 0 Å². The van der Waals surface area contributed by atoms with Crippen LogP contribution in [0.2, 0.25) is 0 Å². The molecule has 0 spiro atoms. The molecule has 9 heteroatoms. The van der Waals surface area contributed by atoms with Crippen molar-refractivity contribution in [1.82, 2.24) is 19.5 Å². The number of nitrogens with zero attached hydrogens (tertiary/aromatic N) is 3. The number of nitrogens with one attached hydrogen (secondary N) is 1. The summed E-state index contributed by atoms with van der Waals surface area (Å²) in [7, 11) is 0. The molecule has 0 saturated carbocycles. The van der Waals surface area contributed by atoms with Crippen LogP contribution in [0, 0.1) is 0 Å². The van der Waals surface area contributed by atoms with Gasteiger partial charge in [0, 0.05) is 24.7 Å². The van der Waals surface area contributed by atoms with Gasteiger partial charge in [0.1, 0.15) is 12.3 Å². The number of rotatable bonds is 7. The van der Waals surface area contributed by atoms with Crippen LogP contribution in [-0.4, -0.2) is 55.2 Å². The van der Waals surface area contributed by atoms with Crippen LogP contribution in [-0.2, 0) is 22.5 Å². The van der Waals surface area contributed by atoms with Gasteiger partial charge in [-0.3, -0.25) is 4.57 Å². The number of nitrogen functional groups attached to an aromatic ring is 1. The molecule has 2 aromatic heterocycles. The van der Waals surface area contributed by atoms with Crippen molar-refractivity contribution in [2.75, 3.05) is 18.9 Å². The molecule has 3 atom stereocenters. The van der Waals surface area contributed by atoms with E-state index in [1.54, 1.807) is 23.3 Å². The second kappa shape index (κ2) is 7.09. The average molecular weight is 323 g/mol. The minimum atomic E-state index is -0.721. The molecule has 2 aromatic rings. The average Bonchev–Trinajstić information content (AvgIpc) is 3.24. The Morgan fingerprint density at radius 3 is 3.04 bits per heavy atom. The van der Waals surface area contributed by atoms with Gasteiger partial charge >= 0.3 is 0 Å². The van der Waals surface area contributed by atoms with Gasteiger partial charge < -0.3 is 30.4 Å². The lowest BCUT2D eigenvalue weighted by atomic mass is 10.2. The van der Waals surface area contributed by atoms with Crippen molar-refractivity contribution in [3.63, 3.8) is 0 Å². The van der Waals surface area contributed by atoms with Crippen LogP contribution in [0.1, 0.15) is 24.0 Å². The Morgan fingerprint density at radius 1 is 1.48 bits per heavy atom. The van der Waals surface area contributed by atoms with Crippen LogP contribution in [0.3, 0.4) is 0 Å². The number of nitrogens with two attached hydrogens (primary N) is 1. The smallest absolute Gasteiger partial charge is 0.202 e. The molecule has 1 saturated heterocycles. The highest BCUT2D eigenvalue weighted by atomic mass is 16.5. The van der Waals surface area contributed by atoms with E-state index in [2.05, 4.69) is 15.0 Å². The molecule has 1 aliphatic heterocycles. The minimum absolute atomic E-state index is 0.234. The van der Waals surface area contributed by atoms with E-state index in [4.69, 9.17) is 15.2 Å². The molecular formula is C14H21N5O4. The van der Waals surface area contributed by atoms with E-state index in [1.807, 2.05) is 0 Å². The zero-order valence-electron chi connectivity index (χ0n) is 12.6. The van der Waals surface area contributed by atoms with Crippen LogP contribution in [0.5, 0.6) is 0 Å². The predicted molar refractivity (Wildman–Crippen MR) is 80.2 cm³/mol.